The molecule has 4 aromatic rings. The molecule has 0 bridgehead atoms. The molecule has 1 aliphatic rings. The molecule has 0 saturated heterocycles. The van der Waals surface area contributed by atoms with E-state index in [0.29, 0.717) is 23.5 Å². The molecule has 7 heteroatoms. The van der Waals surface area contributed by atoms with Gasteiger partial charge in [0.25, 0.3) is 11.8 Å². The van der Waals surface area contributed by atoms with Gasteiger partial charge in [-0.25, -0.2) is 0 Å². The van der Waals surface area contributed by atoms with Gasteiger partial charge in [0.2, 0.25) is 0 Å². The van der Waals surface area contributed by atoms with E-state index in [0.717, 1.165) is 27.8 Å². The smallest absolute Gasteiger partial charge is 0.262 e. The number of hydrogen-bond acceptors (Lipinski definition) is 4. The summed E-state index contributed by atoms with van der Waals surface area (Å²) in [5, 5.41) is 6.91. The average molecular weight is 441 g/mol. The quantitative estimate of drug-likeness (QED) is 0.421. The molecule has 2 amide bonds. The van der Waals surface area contributed by atoms with E-state index in [1.54, 1.807) is 25.3 Å². The van der Waals surface area contributed by atoms with Gasteiger partial charge in [-0.15, -0.1) is 0 Å². The molecule has 3 aromatic carbocycles. The third kappa shape index (κ3) is 4.13. The highest BCUT2D eigenvalue weighted by molar-refractivity contribution is 6.00. The van der Waals surface area contributed by atoms with E-state index in [4.69, 9.17) is 9.47 Å². The molecule has 0 spiro atoms. The van der Waals surface area contributed by atoms with E-state index in [1.807, 2.05) is 48.7 Å². The molecular formula is C26H23N3O4. The fourth-order valence-electron chi connectivity index (χ4n) is 4.15. The number of nitrogens with one attached hydrogen (secondary N) is 3. The minimum absolute atomic E-state index is 0.0211. The molecule has 1 aliphatic heterocycles. The summed E-state index contributed by atoms with van der Waals surface area (Å²) < 4.78 is 10.7. The van der Waals surface area contributed by atoms with Crippen LogP contribution in [0.25, 0.3) is 10.9 Å². The molecule has 0 saturated carbocycles. The van der Waals surface area contributed by atoms with Crippen molar-refractivity contribution >= 4 is 28.4 Å². The van der Waals surface area contributed by atoms with Crippen molar-refractivity contribution in [1.82, 2.24) is 10.3 Å². The van der Waals surface area contributed by atoms with E-state index < -0.39 is 0 Å². The number of hydrogen-bond donors (Lipinski definition) is 3. The summed E-state index contributed by atoms with van der Waals surface area (Å²) >= 11 is 0. The van der Waals surface area contributed by atoms with E-state index in [2.05, 4.69) is 21.7 Å². The molecule has 0 aliphatic carbocycles. The number of para-hydroxylation sites is 1. The van der Waals surface area contributed by atoms with Crippen molar-refractivity contribution in [1.29, 1.82) is 0 Å². The Bertz CT molecular complexity index is 1330. The number of benzene rings is 3. The number of carbonyl (C=O) groups is 2. The fourth-order valence-corrected chi connectivity index (χ4v) is 4.15. The predicted octanol–water partition coefficient (Wildman–Crippen LogP) is 4.07. The zero-order valence-corrected chi connectivity index (χ0v) is 18.1. The fraction of sp³-hybridized carbons (Fsp3) is 0.154. The van der Waals surface area contributed by atoms with Gasteiger partial charge in [0.05, 0.1) is 12.8 Å². The number of methoxy groups -OCH3 is 1. The number of anilines is 1. The Morgan fingerprint density at radius 3 is 2.76 bits per heavy atom. The maximum Gasteiger partial charge on any atom is 0.262 e. The Morgan fingerprint density at radius 2 is 1.94 bits per heavy atom. The summed E-state index contributed by atoms with van der Waals surface area (Å²) in [5.41, 5.74) is 4.16. The molecule has 1 atom stereocenters. The standard InChI is InChI=1S/C26H23N3O4/c1-32-18-9-6-16(7-10-18)20(21-14-27-22-5-3-2-4-19(21)22)13-28-26(31)17-8-11-24-23(12-17)29-25(30)15-33-24/h2-12,14,20,27H,13,15H2,1H3,(H,28,31)(H,29,30). The van der Waals surface area contributed by atoms with Crippen molar-refractivity contribution in [2.24, 2.45) is 0 Å². The summed E-state index contributed by atoms with van der Waals surface area (Å²) in [6.45, 7) is 0.375. The largest absolute Gasteiger partial charge is 0.497 e. The Kier molecular flexibility index (Phi) is 5.44. The number of carbonyl (C=O) groups excluding carboxylic acids is 2. The summed E-state index contributed by atoms with van der Waals surface area (Å²) in [6, 6.07) is 21.0. The van der Waals surface area contributed by atoms with E-state index in [9.17, 15) is 9.59 Å². The second-order valence-electron chi connectivity index (χ2n) is 7.87. The van der Waals surface area contributed by atoms with Gasteiger partial charge in [0, 0.05) is 35.1 Å². The van der Waals surface area contributed by atoms with Gasteiger partial charge in [0.15, 0.2) is 6.61 Å². The van der Waals surface area contributed by atoms with Crippen LogP contribution in [0.1, 0.15) is 27.4 Å². The Hall–Kier alpha value is -4.26. The first kappa shape index (κ1) is 20.6. The highest BCUT2D eigenvalue weighted by Crippen LogP contribution is 2.32. The zero-order chi connectivity index (χ0) is 22.8. The third-order valence-corrected chi connectivity index (χ3v) is 5.86. The number of fused-ring (bicyclic) bond motifs is 2. The average Bonchev–Trinajstić information content (AvgIpc) is 3.28. The highest BCUT2D eigenvalue weighted by atomic mass is 16.5. The summed E-state index contributed by atoms with van der Waals surface area (Å²) in [4.78, 5) is 27.9. The second kappa shape index (κ2) is 8.70. The first-order valence-electron chi connectivity index (χ1n) is 10.7. The van der Waals surface area contributed by atoms with Crippen molar-refractivity contribution in [3.63, 3.8) is 0 Å². The van der Waals surface area contributed by atoms with E-state index >= 15 is 0 Å². The van der Waals surface area contributed by atoms with Gasteiger partial charge in [-0.2, -0.15) is 0 Å². The number of aromatic nitrogens is 1. The lowest BCUT2D eigenvalue weighted by molar-refractivity contribution is -0.118. The molecule has 1 unspecified atom stereocenters. The highest BCUT2D eigenvalue weighted by Gasteiger charge is 2.21. The molecule has 7 nitrogen and oxygen atoms in total. The summed E-state index contributed by atoms with van der Waals surface area (Å²) in [5.74, 6) is 0.798. The van der Waals surface area contributed by atoms with Crippen molar-refractivity contribution in [2.45, 2.75) is 5.92 Å². The topological polar surface area (TPSA) is 92.5 Å². The van der Waals surface area contributed by atoms with Gasteiger partial charge in [0.1, 0.15) is 11.5 Å². The van der Waals surface area contributed by atoms with Crippen molar-refractivity contribution in [2.75, 3.05) is 25.6 Å². The van der Waals surface area contributed by atoms with E-state index in [1.165, 1.54) is 0 Å². The molecule has 0 radical (unpaired) electrons. The van der Waals surface area contributed by atoms with Crippen LogP contribution < -0.4 is 20.1 Å². The molecule has 0 fully saturated rings. The Morgan fingerprint density at radius 1 is 1.12 bits per heavy atom. The van der Waals surface area contributed by atoms with Gasteiger partial charge in [-0.1, -0.05) is 30.3 Å². The Balaban J connectivity index is 1.42. The second-order valence-corrected chi connectivity index (χ2v) is 7.87. The number of H-pyrrole nitrogens is 1. The van der Waals surface area contributed by atoms with Gasteiger partial charge in [-0.05, 0) is 47.5 Å². The predicted molar refractivity (Wildman–Crippen MR) is 126 cm³/mol. The monoisotopic (exact) mass is 441 g/mol. The van der Waals surface area contributed by atoms with Crippen LogP contribution in [-0.4, -0.2) is 37.1 Å². The van der Waals surface area contributed by atoms with E-state index in [-0.39, 0.29) is 24.3 Å². The third-order valence-electron chi connectivity index (χ3n) is 5.86. The van der Waals surface area contributed by atoms with Crippen LogP contribution >= 0.6 is 0 Å². The Labute approximate surface area is 190 Å². The van der Waals surface area contributed by atoms with Crippen LogP contribution in [0, 0.1) is 0 Å². The van der Waals surface area contributed by atoms with Gasteiger partial charge < -0.3 is 25.1 Å². The lowest BCUT2D eigenvalue weighted by Gasteiger charge is -2.20. The first-order chi connectivity index (χ1) is 16.1. The molecule has 5 rings (SSSR count). The molecule has 33 heavy (non-hydrogen) atoms. The van der Waals surface area contributed by atoms with Crippen molar-refractivity contribution in [3.8, 4) is 11.5 Å². The SMILES string of the molecule is COc1ccc(C(CNC(=O)c2ccc3c(c2)NC(=O)CO3)c2c[nH]c3ccccc23)cc1. The molecule has 1 aromatic heterocycles. The summed E-state index contributed by atoms with van der Waals surface area (Å²) in [7, 11) is 1.64. The summed E-state index contributed by atoms with van der Waals surface area (Å²) in [6.07, 6.45) is 2.00. The minimum Gasteiger partial charge on any atom is -0.497 e. The van der Waals surface area contributed by atoms with Crippen molar-refractivity contribution < 1.29 is 19.1 Å². The van der Waals surface area contributed by atoms with Crippen LogP contribution in [-0.2, 0) is 4.79 Å². The number of aromatic amines is 1. The van der Waals surface area contributed by atoms with Crippen LogP contribution in [0.5, 0.6) is 11.5 Å². The molecular weight excluding hydrogens is 418 g/mol. The van der Waals surface area contributed by atoms with Crippen LogP contribution in [0.4, 0.5) is 5.69 Å². The molecule has 166 valence electrons. The number of rotatable bonds is 6. The normalized spacial score (nSPS) is 13.5. The molecule has 3 N–H and O–H groups in total. The zero-order valence-electron chi connectivity index (χ0n) is 18.1. The van der Waals surface area contributed by atoms with Crippen molar-refractivity contribution in [3.05, 3.63) is 89.6 Å². The number of ether oxygens (including phenoxy) is 2. The molecule has 2 heterocycles. The van der Waals surface area contributed by atoms with Crippen LogP contribution in [0.3, 0.4) is 0 Å². The lowest BCUT2D eigenvalue weighted by atomic mass is 9.90. The van der Waals surface area contributed by atoms with Crippen LogP contribution in [0.15, 0.2) is 72.9 Å². The minimum atomic E-state index is -0.237. The first-order valence-corrected chi connectivity index (χ1v) is 10.7. The maximum absolute atomic E-state index is 13.0. The lowest BCUT2D eigenvalue weighted by Crippen LogP contribution is -2.30. The van der Waals surface area contributed by atoms with Gasteiger partial charge >= 0.3 is 0 Å². The number of amides is 2. The van der Waals surface area contributed by atoms with Gasteiger partial charge in [-0.3, -0.25) is 9.59 Å². The van der Waals surface area contributed by atoms with Crippen LogP contribution in [0.2, 0.25) is 0 Å². The maximum atomic E-state index is 13.0.